The summed E-state index contributed by atoms with van der Waals surface area (Å²) in [6.45, 7) is 7.63. The van der Waals surface area contributed by atoms with Crippen molar-refractivity contribution in [1.29, 1.82) is 0 Å². The van der Waals surface area contributed by atoms with Crippen molar-refractivity contribution < 1.29 is 28.6 Å². The molecule has 0 amide bonds. The SMILES string of the molecule is CCOC(=O)C1CCCC(OC(C)=O)(C(=O)OCCC(C)C)C1. The van der Waals surface area contributed by atoms with E-state index in [9.17, 15) is 14.4 Å². The molecule has 0 bridgehead atoms. The molecular weight excluding hydrogens is 300 g/mol. The molecule has 0 aromatic heterocycles. The quantitative estimate of drug-likeness (QED) is 0.528. The van der Waals surface area contributed by atoms with Gasteiger partial charge in [0.25, 0.3) is 0 Å². The molecular formula is C17H28O6. The van der Waals surface area contributed by atoms with Gasteiger partial charge in [-0.25, -0.2) is 4.79 Å². The van der Waals surface area contributed by atoms with E-state index in [0.29, 0.717) is 25.2 Å². The van der Waals surface area contributed by atoms with Crippen LogP contribution in [0.3, 0.4) is 0 Å². The lowest BCUT2D eigenvalue weighted by atomic mass is 9.77. The zero-order valence-electron chi connectivity index (χ0n) is 14.6. The maximum atomic E-state index is 12.5. The first-order chi connectivity index (χ1) is 10.8. The Morgan fingerprint density at radius 3 is 2.48 bits per heavy atom. The first-order valence-corrected chi connectivity index (χ1v) is 8.34. The van der Waals surface area contributed by atoms with Crippen molar-refractivity contribution in [2.75, 3.05) is 13.2 Å². The molecule has 23 heavy (non-hydrogen) atoms. The van der Waals surface area contributed by atoms with Gasteiger partial charge in [0.15, 0.2) is 0 Å². The summed E-state index contributed by atoms with van der Waals surface area (Å²) in [7, 11) is 0. The van der Waals surface area contributed by atoms with E-state index in [0.717, 1.165) is 6.42 Å². The molecule has 1 rings (SSSR count). The minimum absolute atomic E-state index is 0.131. The van der Waals surface area contributed by atoms with Crippen molar-refractivity contribution in [2.45, 2.75) is 65.4 Å². The van der Waals surface area contributed by atoms with E-state index in [1.54, 1.807) is 6.92 Å². The number of hydrogen-bond donors (Lipinski definition) is 0. The van der Waals surface area contributed by atoms with Crippen LogP contribution in [0.2, 0.25) is 0 Å². The highest BCUT2D eigenvalue weighted by Crippen LogP contribution is 2.37. The Hall–Kier alpha value is -1.59. The summed E-state index contributed by atoms with van der Waals surface area (Å²) < 4.78 is 15.7. The molecule has 0 spiro atoms. The second-order valence-electron chi connectivity index (χ2n) is 6.45. The Bertz CT molecular complexity index is 431. The summed E-state index contributed by atoms with van der Waals surface area (Å²) in [5, 5.41) is 0. The molecule has 0 N–H and O–H groups in total. The van der Waals surface area contributed by atoms with E-state index in [1.165, 1.54) is 6.92 Å². The van der Waals surface area contributed by atoms with Gasteiger partial charge in [0.05, 0.1) is 19.1 Å². The molecule has 132 valence electrons. The predicted octanol–water partition coefficient (Wildman–Crippen LogP) is 2.63. The van der Waals surface area contributed by atoms with Crippen molar-refractivity contribution >= 4 is 17.9 Å². The van der Waals surface area contributed by atoms with Gasteiger partial charge >= 0.3 is 17.9 Å². The number of esters is 3. The Balaban J connectivity index is 2.82. The first-order valence-electron chi connectivity index (χ1n) is 8.34. The van der Waals surface area contributed by atoms with Crippen LogP contribution in [0, 0.1) is 11.8 Å². The number of carbonyl (C=O) groups is 3. The lowest BCUT2D eigenvalue weighted by molar-refractivity contribution is -0.190. The molecule has 1 fully saturated rings. The van der Waals surface area contributed by atoms with E-state index in [1.807, 2.05) is 13.8 Å². The average Bonchev–Trinajstić information content (AvgIpc) is 2.46. The molecule has 1 saturated carbocycles. The summed E-state index contributed by atoms with van der Waals surface area (Å²) in [6.07, 6.45) is 2.48. The van der Waals surface area contributed by atoms with Crippen molar-refractivity contribution in [2.24, 2.45) is 11.8 Å². The molecule has 1 aliphatic rings. The van der Waals surface area contributed by atoms with E-state index < -0.39 is 23.5 Å². The van der Waals surface area contributed by atoms with Crippen LogP contribution in [0.15, 0.2) is 0 Å². The maximum absolute atomic E-state index is 12.5. The van der Waals surface area contributed by atoms with Crippen LogP contribution in [0.25, 0.3) is 0 Å². The highest BCUT2D eigenvalue weighted by molar-refractivity contribution is 5.84. The summed E-state index contributed by atoms with van der Waals surface area (Å²) >= 11 is 0. The van der Waals surface area contributed by atoms with E-state index >= 15 is 0 Å². The minimum Gasteiger partial charge on any atom is -0.466 e. The maximum Gasteiger partial charge on any atom is 0.350 e. The monoisotopic (exact) mass is 328 g/mol. The number of ether oxygens (including phenoxy) is 3. The summed E-state index contributed by atoms with van der Waals surface area (Å²) in [4.78, 5) is 36.0. The van der Waals surface area contributed by atoms with Crippen molar-refractivity contribution in [3.8, 4) is 0 Å². The molecule has 0 aromatic carbocycles. The molecule has 0 saturated heterocycles. The van der Waals surface area contributed by atoms with Gasteiger partial charge in [-0.1, -0.05) is 13.8 Å². The molecule has 2 atom stereocenters. The van der Waals surface area contributed by atoms with E-state index in [-0.39, 0.29) is 25.6 Å². The highest BCUT2D eigenvalue weighted by Gasteiger charge is 2.49. The van der Waals surface area contributed by atoms with Crippen LogP contribution in [0.5, 0.6) is 0 Å². The van der Waals surface area contributed by atoms with E-state index in [2.05, 4.69) is 0 Å². The third kappa shape index (κ3) is 5.84. The third-order valence-electron chi connectivity index (χ3n) is 3.97. The summed E-state index contributed by atoms with van der Waals surface area (Å²) in [5.74, 6) is -1.48. The fourth-order valence-corrected chi connectivity index (χ4v) is 2.81. The van der Waals surface area contributed by atoms with Crippen LogP contribution in [0.4, 0.5) is 0 Å². The molecule has 6 heteroatoms. The van der Waals surface area contributed by atoms with Crippen LogP contribution < -0.4 is 0 Å². The van der Waals surface area contributed by atoms with Gasteiger partial charge in [-0.2, -0.15) is 0 Å². The van der Waals surface area contributed by atoms with Crippen molar-refractivity contribution in [3.05, 3.63) is 0 Å². The Morgan fingerprint density at radius 1 is 1.22 bits per heavy atom. The van der Waals surface area contributed by atoms with Gasteiger partial charge < -0.3 is 14.2 Å². The Morgan fingerprint density at radius 2 is 1.91 bits per heavy atom. The van der Waals surface area contributed by atoms with Crippen LogP contribution >= 0.6 is 0 Å². The third-order valence-corrected chi connectivity index (χ3v) is 3.97. The Kier molecular flexibility index (Phi) is 7.52. The fourth-order valence-electron chi connectivity index (χ4n) is 2.81. The smallest absolute Gasteiger partial charge is 0.350 e. The number of rotatable bonds is 7. The predicted molar refractivity (Wildman–Crippen MR) is 83.5 cm³/mol. The van der Waals surface area contributed by atoms with Gasteiger partial charge in [0, 0.05) is 13.3 Å². The lowest BCUT2D eigenvalue weighted by Crippen LogP contribution is -2.49. The second-order valence-corrected chi connectivity index (χ2v) is 6.45. The highest BCUT2D eigenvalue weighted by atomic mass is 16.6. The molecule has 6 nitrogen and oxygen atoms in total. The topological polar surface area (TPSA) is 78.9 Å². The van der Waals surface area contributed by atoms with Crippen molar-refractivity contribution in [3.63, 3.8) is 0 Å². The lowest BCUT2D eigenvalue weighted by Gasteiger charge is -2.37. The standard InChI is InChI=1S/C17H28O6/c1-5-21-15(19)14-7-6-9-17(11-14,23-13(4)18)16(20)22-10-8-12(2)3/h12,14H,5-11H2,1-4H3. The van der Waals surface area contributed by atoms with Crippen molar-refractivity contribution in [1.82, 2.24) is 0 Å². The second kappa shape index (κ2) is 8.89. The number of carbonyl (C=O) groups excluding carboxylic acids is 3. The Labute approximate surface area is 137 Å². The first kappa shape index (κ1) is 19.5. The van der Waals surface area contributed by atoms with Gasteiger partial charge in [-0.05, 0) is 38.5 Å². The van der Waals surface area contributed by atoms with Gasteiger partial charge in [0.1, 0.15) is 0 Å². The minimum atomic E-state index is -1.36. The van der Waals surface area contributed by atoms with Crippen LogP contribution in [0.1, 0.15) is 59.8 Å². The molecule has 2 unspecified atom stereocenters. The molecule has 1 aliphatic carbocycles. The normalized spacial score (nSPS) is 24.1. The summed E-state index contributed by atoms with van der Waals surface area (Å²) in [6, 6.07) is 0. The van der Waals surface area contributed by atoms with Crippen LogP contribution in [-0.4, -0.2) is 36.7 Å². The van der Waals surface area contributed by atoms with Gasteiger partial charge in [-0.15, -0.1) is 0 Å². The molecule has 0 aliphatic heterocycles. The largest absolute Gasteiger partial charge is 0.466 e. The molecule has 0 radical (unpaired) electrons. The van der Waals surface area contributed by atoms with Gasteiger partial charge in [-0.3, -0.25) is 9.59 Å². The average molecular weight is 328 g/mol. The fraction of sp³-hybridized carbons (Fsp3) is 0.824. The van der Waals surface area contributed by atoms with Crippen LogP contribution in [-0.2, 0) is 28.6 Å². The zero-order chi connectivity index (χ0) is 17.5. The van der Waals surface area contributed by atoms with Gasteiger partial charge in [0.2, 0.25) is 5.60 Å². The van der Waals surface area contributed by atoms with E-state index in [4.69, 9.17) is 14.2 Å². The zero-order valence-corrected chi connectivity index (χ0v) is 14.6. The number of hydrogen-bond acceptors (Lipinski definition) is 6. The molecule has 0 heterocycles. The molecule has 0 aromatic rings. The summed E-state index contributed by atoms with van der Waals surface area (Å²) in [5.41, 5.74) is -1.36.